The van der Waals surface area contributed by atoms with Gasteiger partial charge in [-0.1, -0.05) is 12.1 Å². The lowest BCUT2D eigenvalue weighted by Crippen LogP contribution is -2.42. The Hall–Kier alpha value is -4.10. The van der Waals surface area contributed by atoms with E-state index < -0.39 is 64.4 Å². The molecule has 3 aromatic rings. The summed E-state index contributed by atoms with van der Waals surface area (Å²) in [4.78, 5) is 40.5. The first-order valence-electron chi connectivity index (χ1n) is 8.80. The molecule has 0 unspecified atom stereocenters. The van der Waals surface area contributed by atoms with Crippen molar-refractivity contribution in [1.82, 2.24) is 9.97 Å². The fourth-order valence-corrected chi connectivity index (χ4v) is 3.11. The van der Waals surface area contributed by atoms with Crippen molar-refractivity contribution in [2.45, 2.75) is 18.9 Å². The Labute approximate surface area is 179 Å². The normalized spacial score (nSPS) is 12.1. The standard InChI is InChI=1S/C19H12F6N4O4/c20-18(21,22)13-11(6-5-10-12(13)14(30)28-17(26)27-10)29(16(33)19(23,24)25)7-8-1-3-9(4-2-8)15(31)32/h1-6H,7H2,(H,31,32)(H3,26,27,28,30). The maximum atomic E-state index is 14.0. The molecule has 0 spiro atoms. The molecule has 8 nitrogen and oxygen atoms in total. The minimum absolute atomic E-state index is 0.102. The highest BCUT2D eigenvalue weighted by Crippen LogP contribution is 2.41. The molecule has 0 saturated carbocycles. The molecular weight excluding hydrogens is 462 g/mol. The molecule has 0 saturated heterocycles. The van der Waals surface area contributed by atoms with Crippen molar-refractivity contribution in [3.05, 3.63) is 63.4 Å². The second kappa shape index (κ2) is 8.11. The van der Waals surface area contributed by atoms with Gasteiger partial charge in [-0.25, -0.2) is 9.78 Å². The van der Waals surface area contributed by atoms with E-state index in [1.807, 2.05) is 4.98 Å². The maximum Gasteiger partial charge on any atom is 0.471 e. The first-order chi connectivity index (χ1) is 15.2. The zero-order chi connectivity index (χ0) is 24.7. The fraction of sp³-hybridized carbons (Fsp3) is 0.158. The molecule has 0 bridgehead atoms. The molecule has 0 radical (unpaired) electrons. The number of carbonyl (C=O) groups excluding carboxylic acids is 1. The van der Waals surface area contributed by atoms with E-state index in [1.54, 1.807) is 0 Å². The summed E-state index contributed by atoms with van der Waals surface area (Å²) in [5.41, 5.74) is 0.0272. The van der Waals surface area contributed by atoms with Crippen LogP contribution in [0.3, 0.4) is 0 Å². The van der Waals surface area contributed by atoms with Crippen LogP contribution in [-0.4, -0.2) is 33.1 Å². The van der Waals surface area contributed by atoms with Crippen LogP contribution in [-0.2, 0) is 17.5 Å². The minimum Gasteiger partial charge on any atom is -0.478 e. The van der Waals surface area contributed by atoms with E-state index >= 15 is 0 Å². The van der Waals surface area contributed by atoms with Crippen molar-refractivity contribution in [3.63, 3.8) is 0 Å². The fourth-order valence-electron chi connectivity index (χ4n) is 3.11. The van der Waals surface area contributed by atoms with Crippen molar-refractivity contribution in [2.75, 3.05) is 10.6 Å². The van der Waals surface area contributed by atoms with Gasteiger partial charge in [0.25, 0.3) is 5.56 Å². The number of H-pyrrole nitrogens is 1. The summed E-state index contributed by atoms with van der Waals surface area (Å²) in [5.74, 6) is -4.49. The topological polar surface area (TPSA) is 129 Å². The number of aromatic amines is 1. The minimum atomic E-state index is -5.56. The van der Waals surface area contributed by atoms with Crippen LogP contribution in [0.25, 0.3) is 10.9 Å². The van der Waals surface area contributed by atoms with Gasteiger partial charge in [0.05, 0.1) is 34.3 Å². The number of nitrogens with two attached hydrogens (primary N) is 1. The number of nitrogens with one attached hydrogen (secondary N) is 1. The zero-order valence-corrected chi connectivity index (χ0v) is 16.1. The Kier molecular flexibility index (Phi) is 5.79. The van der Waals surface area contributed by atoms with Gasteiger partial charge in [-0.15, -0.1) is 0 Å². The number of alkyl halides is 6. The Morgan fingerprint density at radius 3 is 2.15 bits per heavy atom. The van der Waals surface area contributed by atoms with Gasteiger partial charge in [0.1, 0.15) is 0 Å². The molecular formula is C19H12F6N4O4. The quantitative estimate of drug-likeness (QED) is 0.498. The number of aromatic carboxylic acids is 1. The van der Waals surface area contributed by atoms with Gasteiger partial charge in [-0.3, -0.25) is 19.5 Å². The van der Waals surface area contributed by atoms with Crippen LogP contribution < -0.4 is 16.2 Å². The van der Waals surface area contributed by atoms with E-state index in [2.05, 4.69) is 4.98 Å². The number of hydrogen-bond donors (Lipinski definition) is 3. The van der Waals surface area contributed by atoms with Crippen molar-refractivity contribution >= 4 is 34.4 Å². The van der Waals surface area contributed by atoms with Crippen molar-refractivity contribution in [2.24, 2.45) is 0 Å². The number of halogens is 6. The highest BCUT2D eigenvalue weighted by atomic mass is 19.4. The van der Waals surface area contributed by atoms with Crippen LogP contribution >= 0.6 is 0 Å². The highest BCUT2D eigenvalue weighted by molar-refractivity contribution is 6.01. The second-order valence-electron chi connectivity index (χ2n) is 6.69. The summed E-state index contributed by atoms with van der Waals surface area (Å²) in [5, 5.41) is 7.82. The lowest BCUT2D eigenvalue weighted by molar-refractivity contribution is -0.170. The largest absolute Gasteiger partial charge is 0.478 e. The van der Waals surface area contributed by atoms with Crippen molar-refractivity contribution < 1.29 is 41.0 Å². The molecule has 4 N–H and O–H groups in total. The summed E-state index contributed by atoms with van der Waals surface area (Å²) in [6.07, 6.45) is -10.9. The number of amides is 1. The Morgan fingerprint density at radius 2 is 1.64 bits per heavy atom. The van der Waals surface area contributed by atoms with Gasteiger partial charge in [0.15, 0.2) is 0 Å². The number of benzene rings is 2. The molecule has 174 valence electrons. The number of carboxylic acid groups (broad SMARTS) is 1. The average Bonchev–Trinajstić information content (AvgIpc) is 2.69. The maximum absolute atomic E-state index is 14.0. The summed E-state index contributed by atoms with van der Waals surface area (Å²) in [7, 11) is 0. The number of carboxylic acids is 1. The van der Waals surface area contributed by atoms with Crippen LogP contribution in [0.1, 0.15) is 21.5 Å². The Balaban J connectivity index is 2.27. The average molecular weight is 474 g/mol. The second-order valence-corrected chi connectivity index (χ2v) is 6.69. The van der Waals surface area contributed by atoms with Crippen molar-refractivity contribution in [1.29, 1.82) is 0 Å². The number of carbonyl (C=O) groups is 2. The van der Waals surface area contributed by atoms with E-state index in [1.165, 1.54) is 0 Å². The number of nitrogen functional groups attached to an aromatic ring is 1. The van der Waals surface area contributed by atoms with Gasteiger partial charge < -0.3 is 10.8 Å². The van der Waals surface area contributed by atoms with Gasteiger partial charge in [-0.2, -0.15) is 26.3 Å². The smallest absolute Gasteiger partial charge is 0.471 e. The highest BCUT2D eigenvalue weighted by Gasteiger charge is 2.46. The number of fused-ring (bicyclic) bond motifs is 1. The summed E-state index contributed by atoms with van der Waals surface area (Å²) >= 11 is 0. The number of hydrogen-bond acceptors (Lipinski definition) is 5. The van der Waals surface area contributed by atoms with E-state index in [-0.39, 0.29) is 16.0 Å². The molecule has 0 atom stereocenters. The number of rotatable bonds is 4. The first kappa shape index (κ1) is 23.6. The molecule has 0 aliphatic heterocycles. The van der Waals surface area contributed by atoms with Crippen LogP contribution in [0.15, 0.2) is 41.2 Å². The Bertz CT molecular complexity index is 1300. The van der Waals surface area contributed by atoms with E-state index in [0.717, 1.165) is 30.3 Å². The lowest BCUT2D eigenvalue weighted by Gasteiger charge is -2.27. The predicted molar refractivity (Wildman–Crippen MR) is 102 cm³/mol. The SMILES string of the molecule is Nc1nc2ccc(N(Cc3ccc(C(=O)O)cc3)C(=O)C(F)(F)F)c(C(F)(F)F)c2c(=O)[nH]1. The lowest BCUT2D eigenvalue weighted by atomic mass is 10.0. The van der Waals surface area contributed by atoms with Crippen LogP contribution in [0.2, 0.25) is 0 Å². The summed E-state index contributed by atoms with van der Waals surface area (Å²) in [6, 6.07) is 5.52. The first-order valence-corrected chi connectivity index (χ1v) is 8.80. The van der Waals surface area contributed by atoms with Gasteiger partial charge in [0, 0.05) is 0 Å². The Morgan fingerprint density at radius 1 is 1.03 bits per heavy atom. The van der Waals surface area contributed by atoms with Gasteiger partial charge in [0.2, 0.25) is 5.95 Å². The summed E-state index contributed by atoms with van der Waals surface area (Å²) < 4.78 is 81.7. The zero-order valence-electron chi connectivity index (χ0n) is 16.1. The van der Waals surface area contributed by atoms with Crippen LogP contribution in [0.5, 0.6) is 0 Å². The van der Waals surface area contributed by atoms with E-state index in [0.29, 0.717) is 6.07 Å². The number of aromatic nitrogens is 2. The molecule has 2 aromatic carbocycles. The van der Waals surface area contributed by atoms with Gasteiger partial charge in [-0.05, 0) is 29.8 Å². The molecule has 1 amide bonds. The third-order valence-corrected chi connectivity index (χ3v) is 4.47. The van der Waals surface area contributed by atoms with Crippen LogP contribution in [0.4, 0.5) is 38.0 Å². The third-order valence-electron chi connectivity index (χ3n) is 4.47. The van der Waals surface area contributed by atoms with E-state index in [9.17, 15) is 40.7 Å². The molecule has 14 heteroatoms. The van der Waals surface area contributed by atoms with Crippen LogP contribution in [0, 0.1) is 0 Å². The van der Waals surface area contributed by atoms with Gasteiger partial charge >= 0.3 is 24.2 Å². The molecule has 0 fully saturated rings. The predicted octanol–water partition coefficient (Wildman–Crippen LogP) is 3.32. The van der Waals surface area contributed by atoms with Crippen molar-refractivity contribution in [3.8, 4) is 0 Å². The molecule has 1 heterocycles. The molecule has 33 heavy (non-hydrogen) atoms. The molecule has 0 aliphatic rings. The third kappa shape index (κ3) is 4.73. The monoisotopic (exact) mass is 474 g/mol. The van der Waals surface area contributed by atoms with E-state index in [4.69, 9.17) is 10.8 Å². The molecule has 1 aromatic heterocycles. The molecule has 0 aliphatic carbocycles. The number of anilines is 2. The molecule has 3 rings (SSSR count). The number of nitrogens with zero attached hydrogens (tertiary/aromatic N) is 2. The summed E-state index contributed by atoms with van der Waals surface area (Å²) in [6.45, 7) is -1.01.